The lowest BCUT2D eigenvalue weighted by atomic mass is 10.1. The van der Waals surface area contributed by atoms with Crippen LogP contribution in [0.3, 0.4) is 0 Å². The molecule has 2 aromatic heterocycles. The van der Waals surface area contributed by atoms with Gasteiger partial charge in [0.25, 0.3) is 0 Å². The molecule has 4 rings (SSSR count). The summed E-state index contributed by atoms with van der Waals surface area (Å²) in [6.45, 7) is 2.80. The molecule has 0 fully saturated rings. The quantitative estimate of drug-likeness (QED) is 0.541. The second-order valence-electron chi connectivity index (χ2n) is 6.39. The van der Waals surface area contributed by atoms with Crippen LogP contribution in [-0.4, -0.2) is 34.2 Å². The third-order valence-corrected chi connectivity index (χ3v) is 4.55. The van der Waals surface area contributed by atoms with Gasteiger partial charge in [-0.2, -0.15) is 15.3 Å². The summed E-state index contributed by atoms with van der Waals surface area (Å²) in [7, 11) is 3.23. The molecule has 0 spiro atoms. The van der Waals surface area contributed by atoms with Crippen LogP contribution in [0.5, 0.6) is 11.5 Å². The maximum atomic E-state index is 5.44. The number of hydrogen-bond acceptors (Lipinski definition) is 5. The van der Waals surface area contributed by atoms with Crippen molar-refractivity contribution in [2.45, 2.75) is 13.5 Å². The monoisotopic (exact) mass is 360 g/mol. The van der Waals surface area contributed by atoms with Crippen LogP contribution in [0, 0.1) is 6.92 Å². The smallest absolute Gasteiger partial charge is 0.162 e. The second kappa shape index (κ2) is 7.07. The molecule has 0 saturated heterocycles. The number of aromatic nitrogens is 4. The molecule has 0 bridgehead atoms. The van der Waals surface area contributed by atoms with E-state index in [4.69, 9.17) is 9.47 Å². The molecule has 0 saturated carbocycles. The predicted octanol–water partition coefficient (Wildman–Crippen LogP) is 3.87. The van der Waals surface area contributed by atoms with Crippen molar-refractivity contribution in [3.8, 4) is 22.6 Å². The van der Waals surface area contributed by atoms with E-state index in [1.165, 1.54) is 11.1 Å². The molecule has 136 valence electrons. The largest absolute Gasteiger partial charge is 0.493 e. The van der Waals surface area contributed by atoms with E-state index >= 15 is 0 Å². The Balaban J connectivity index is 1.72. The minimum absolute atomic E-state index is 0.631. The van der Waals surface area contributed by atoms with Gasteiger partial charge in [-0.15, -0.1) is 0 Å². The van der Waals surface area contributed by atoms with Crippen molar-refractivity contribution in [2.24, 2.45) is 0 Å². The van der Waals surface area contributed by atoms with Crippen molar-refractivity contribution in [2.75, 3.05) is 14.2 Å². The highest BCUT2D eigenvalue weighted by molar-refractivity contribution is 5.95. The zero-order valence-electron chi connectivity index (χ0n) is 15.5. The van der Waals surface area contributed by atoms with Crippen molar-refractivity contribution in [1.29, 1.82) is 0 Å². The number of rotatable bonds is 5. The second-order valence-corrected chi connectivity index (χ2v) is 6.39. The van der Waals surface area contributed by atoms with Crippen molar-refractivity contribution in [1.82, 2.24) is 20.0 Å². The van der Waals surface area contributed by atoms with Gasteiger partial charge in [-0.05, 0) is 18.6 Å². The highest BCUT2D eigenvalue weighted by Gasteiger charge is 2.13. The molecule has 6 heteroatoms. The molecule has 6 nitrogen and oxygen atoms in total. The molecule has 0 amide bonds. The van der Waals surface area contributed by atoms with Crippen LogP contribution in [-0.2, 0) is 6.54 Å². The highest BCUT2D eigenvalue weighted by Crippen LogP contribution is 2.35. The van der Waals surface area contributed by atoms with E-state index in [2.05, 4.69) is 46.5 Å². The van der Waals surface area contributed by atoms with Crippen LogP contribution < -0.4 is 9.47 Å². The van der Waals surface area contributed by atoms with Crippen molar-refractivity contribution < 1.29 is 9.47 Å². The molecule has 0 unspecified atom stereocenters. The minimum Gasteiger partial charge on any atom is -0.493 e. The fraction of sp³-hybridized carbons (Fsp3) is 0.190. The number of hydrogen-bond donors (Lipinski definition) is 0. The SMILES string of the molecule is COc1cc2nncc(-c3cnn(Cc4ccc(C)cc4)c3)c2cc1OC. The van der Waals surface area contributed by atoms with Gasteiger partial charge < -0.3 is 9.47 Å². The summed E-state index contributed by atoms with van der Waals surface area (Å²) >= 11 is 0. The molecule has 27 heavy (non-hydrogen) atoms. The number of aryl methyl sites for hydroxylation is 1. The summed E-state index contributed by atoms with van der Waals surface area (Å²) in [6.07, 6.45) is 5.62. The first-order valence-corrected chi connectivity index (χ1v) is 8.63. The molecule has 0 aliphatic rings. The fourth-order valence-corrected chi connectivity index (χ4v) is 3.08. The molecular weight excluding hydrogens is 340 g/mol. The topological polar surface area (TPSA) is 62.1 Å². The Morgan fingerprint density at radius 1 is 0.963 bits per heavy atom. The zero-order valence-corrected chi connectivity index (χ0v) is 15.5. The standard InChI is InChI=1S/C21H20N4O2/c1-14-4-6-15(7-5-14)12-25-13-16(10-23-25)18-11-22-24-19-9-21(27-3)20(26-2)8-17(18)19/h4-11,13H,12H2,1-3H3. The average Bonchev–Trinajstić information content (AvgIpc) is 3.16. The van der Waals surface area contributed by atoms with E-state index < -0.39 is 0 Å². The number of ether oxygens (including phenoxy) is 2. The van der Waals surface area contributed by atoms with Crippen LogP contribution in [0.1, 0.15) is 11.1 Å². The number of benzene rings is 2. The summed E-state index contributed by atoms with van der Waals surface area (Å²) in [6, 6.07) is 12.2. The van der Waals surface area contributed by atoms with Crippen molar-refractivity contribution in [3.63, 3.8) is 0 Å². The molecule has 2 heterocycles. The van der Waals surface area contributed by atoms with Crippen LogP contribution in [0.4, 0.5) is 0 Å². The summed E-state index contributed by atoms with van der Waals surface area (Å²) in [5.74, 6) is 1.29. The third kappa shape index (κ3) is 3.33. The average molecular weight is 360 g/mol. The summed E-state index contributed by atoms with van der Waals surface area (Å²) in [5.41, 5.74) is 5.14. The van der Waals surface area contributed by atoms with Gasteiger partial charge in [-0.3, -0.25) is 4.68 Å². The van der Waals surface area contributed by atoms with Crippen molar-refractivity contribution >= 4 is 10.9 Å². The molecule has 0 aliphatic heterocycles. The van der Waals surface area contributed by atoms with E-state index in [1.807, 2.05) is 29.2 Å². The first-order chi connectivity index (χ1) is 13.2. The van der Waals surface area contributed by atoms with Crippen LogP contribution >= 0.6 is 0 Å². The fourth-order valence-electron chi connectivity index (χ4n) is 3.08. The van der Waals surface area contributed by atoms with E-state index in [1.54, 1.807) is 20.4 Å². The maximum absolute atomic E-state index is 5.44. The first-order valence-electron chi connectivity index (χ1n) is 8.63. The first kappa shape index (κ1) is 17.0. The predicted molar refractivity (Wildman–Crippen MR) is 104 cm³/mol. The lowest BCUT2D eigenvalue weighted by Crippen LogP contribution is -1.99. The minimum atomic E-state index is 0.631. The molecule has 0 N–H and O–H groups in total. The Hall–Kier alpha value is -3.41. The Labute approximate surface area is 157 Å². The lowest BCUT2D eigenvalue weighted by molar-refractivity contribution is 0.356. The van der Waals surface area contributed by atoms with Gasteiger partial charge in [0.1, 0.15) is 0 Å². The summed E-state index contributed by atoms with van der Waals surface area (Å²) in [4.78, 5) is 0. The van der Waals surface area contributed by atoms with Gasteiger partial charge in [0.05, 0.1) is 38.7 Å². The van der Waals surface area contributed by atoms with Gasteiger partial charge in [0, 0.05) is 28.8 Å². The van der Waals surface area contributed by atoms with E-state index in [9.17, 15) is 0 Å². The van der Waals surface area contributed by atoms with E-state index in [0.717, 1.165) is 22.0 Å². The number of methoxy groups -OCH3 is 2. The molecule has 0 atom stereocenters. The van der Waals surface area contributed by atoms with E-state index in [-0.39, 0.29) is 0 Å². The van der Waals surface area contributed by atoms with Gasteiger partial charge in [0.15, 0.2) is 11.5 Å². The number of fused-ring (bicyclic) bond motifs is 1. The molecule has 0 radical (unpaired) electrons. The van der Waals surface area contributed by atoms with Crippen molar-refractivity contribution in [3.05, 3.63) is 66.1 Å². The van der Waals surface area contributed by atoms with Crippen LogP contribution in [0.15, 0.2) is 55.0 Å². The Morgan fingerprint density at radius 2 is 1.70 bits per heavy atom. The van der Waals surface area contributed by atoms with Gasteiger partial charge in [-0.25, -0.2) is 0 Å². The van der Waals surface area contributed by atoms with Crippen LogP contribution in [0.2, 0.25) is 0 Å². The molecular formula is C21H20N4O2. The lowest BCUT2D eigenvalue weighted by Gasteiger charge is -2.10. The van der Waals surface area contributed by atoms with Crippen LogP contribution in [0.25, 0.3) is 22.0 Å². The Bertz CT molecular complexity index is 1090. The van der Waals surface area contributed by atoms with Gasteiger partial charge in [-0.1, -0.05) is 29.8 Å². The normalized spacial score (nSPS) is 10.9. The summed E-state index contributed by atoms with van der Waals surface area (Å²) in [5, 5.41) is 13.8. The molecule has 2 aromatic carbocycles. The van der Waals surface area contributed by atoms with Gasteiger partial charge in [0.2, 0.25) is 0 Å². The summed E-state index contributed by atoms with van der Waals surface area (Å²) < 4.78 is 12.7. The highest BCUT2D eigenvalue weighted by atomic mass is 16.5. The zero-order chi connectivity index (χ0) is 18.8. The van der Waals surface area contributed by atoms with Gasteiger partial charge >= 0.3 is 0 Å². The van der Waals surface area contributed by atoms with E-state index in [0.29, 0.717) is 18.0 Å². The Morgan fingerprint density at radius 3 is 2.44 bits per heavy atom. The Kier molecular flexibility index (Phi) is 4.46. The molecule has 0 aliphatic carbocycles. The maximum Gasteiger partial charge on any atom is 0.162 e. The third-order valence-electron chi connectivity index (χ3n) is 4.55. The number of nitrogens with zero attached hydrogens (tertiary/aromatic N) is 4. The molecule has 4 aromatic rings.